The van der Waals surface area contributed by atoms with Crippen LogP contribution in [0.2, 0.25) is 5.02 Å². The topological polar surface area (TPSA) is 29.5 Å². The van der Waals surface area contributed by atoms with Gasteiger partial charge in [-0.1, -0.05) is 43.0 Å². The monoisotopic (exact) mass is 348 g/mol. The summed E-state index contributed by atoms with van der Waals surface area (Å²) in [7, 11) is 0. The average Bonchev–Trinajstić information content (AvgIpc) is 2.51. The first kappa shape index (κ1) is 17.7. The molecule has 1 heterocycles. The average molecular weight is 349 g/mol. The molecule has 1 aromatic rings. The lowest BCUT2D eigenvalue weighted by Gasteiger charge is -2.46. The van der Waals surface area contributed by atoms with E-state index in [0.717, 1.165) is 42.6 Å². The van der Waals surface area contributed by atoms with E-state index in [0.29, 0.717) is 10.9 Å². The molecule has 24 heavy (non-hydrogen) atoms. The van der Waals surface area contributed by atoms with Crippen molar-refractivity contribution in [1.82, 2.24) is 0 Å². The highest BCUT2D eigenvalue weighted by Gasteiger charge is 2.45. The number of phenols is 1. The van der Waals surface area contributed by atoms with E-state index in [9.17, 15) is 5.11 Å². The summed E-state index contributed by atoms with van der Waals surface area (Å²) in [5, 5.41) is 11.4. The summed E-state index contributed by atoms with van der Waals surface area (Å²) in [5.74, 6) is 1.62. The Labute approximate surface area is 150 Å². The molecule has 132 valence electrons. The van der Waals surface area contributed by atoms with Crippen LogP contribution in [-0.2, 0) is 6.42 Å². The first-order valence-corrected chi connectivity index (χ1v) is 9.63. The lowest BCUT2D eigenvalue weighted by Crippen LogP contribution is -2.45. The number of ether oxygens (including phenoxy) is 1. The lowest BCUT2D eigenvalue weighted by atomic mass is 9.68. The second-order valence-electron chi connectivity index (χ2n) is 7.96. The number of allylic oxidation sites excluding steroid dienone is 2. The van der Waals surface area contributed by atoms with Gasteiger partial charge in [-0.25, -0.2) is 0 Å². The van der Waals surface area contributed by atoms with Gasteiger partial charge in [0.15, 0.2) is 0 Å². The molecule has 3 rings (SSSR count). The maximum atomic E-state index is 10.8. The van der Waals surface area contributed by atoms with E-state index < -0.39 is 0 Å². The summed E-state index contributed by atoms with van der Waals surface area (Å²) < 4.78 is 6.36. The Bertz CT molecular complexity index is 660. The molecule has 2 aliphatic rings. The number of phenolic OH excluding ortho intramolecular Hbond substituents is 1. The van der Waals surface area contributed by atoms with E-state index in [4.69, 9.17) is 16.3 Å². The van der Waals surface area contributed by atoms with Gasteiger partial charge in [-0.2, -0.15) is 0 Å². The van der Waals surface area contributed by atoms with Crippen LogP contribution < -0.4 is 4.74 Å². The number of unbranched alkanes of at least 4 members (excludes halogenated alkanes) is 2. The molecule has 0 radical (unpaired) electrons. The van der Waals surface area contributed by atoms with Crippen molar-refractivity contribution in [1.29, 1.82) is 0 Å². The van der Waals surface area contributed by atoms with Gasteiger partial charge in [-0.15, -0.1) is 0 Å². The van der Waals surface area contributed by atoms with Crippen molar-refractivity contribution >= 4 is 11.6 Å². The third-order valence-corrected chi connectivity index (χ3v) is 6.13. The summed E-state index contributed by atoms with van der Waals surface area (Å²) in [4.78, 5) is 0. The zero-order valence-electron chi connectivity index (χ0n) is 15.3. The molecule has 3 heteroatoms. The molecule has 1 aliphatic heterocycles. The number of benzene rings is 1. The highest BCUT2D eigenvalue weighted by atomic mass is 35.5. The molecule has 0 saturated heterocycles. The van der Waals surface area contributed by atoms with Gasteiger partial charge < -0.3 is 9.84 Å². The standard InChI is InChI=1S/C21H29ClO2/c1-5-6-7-8-14-12-17-18(20(23)19(14)22)15-11-13(2)9-10-16(15)21(3,4)24-17/h11-12,15-16,23H,5-10H2,1-4H3/t15-,16-/m1/s1. The van der Waals surface area contributed by atoms with Gasteiger partial charge in [0.25, 0.3) is 0 Å². The molecule has 0 fully saturated rings. The molecule has 1 aromatic carbocycles. The van der Waals surface area contributed by atoms with E-state index in [-0.39, 0.29) is 17.3 Å². The Balaban J connectivity index is 2.06. The lowest BCUT2D eigenvalue weighted by molar-refractivity contribution is 0.0107. The van der Waals surface area contributed by atoms with Crippen LogP contribution in [-0.4, -0.2) is 10.7 Å². The van der Waals surface area contributed by atoms with Gasteiger partial charge in [0.05, 0.1) is 5.02 Å². The fraction of sp³-hybridized carbons (Fsp3) is 0.619. The smallest absolute Gasteiger partial charge is 0.141 e. The van der Waals surface area contributed by atoms with Gasteiger partial charge in [0.1, 0.15) is 17.1 Å². The number of rotatable bonds is 4. The highest BCUT2D eigenvalue weighted by Crippen LogP contribution is 2.55. The molecular weight excluding hydrogens is 320 g/mol. The zero-order chi connectivity index (χ0) is 17.5. The van der Waals surface area contributed by atoms with E-state index in [1.807, 2.05) is 0 Å². The van der Waals surface area contributed by atoms with Crippen LogP contribution in [0.1, 0.15) is 76.8 Å². The third kappa shape index (κ3) is 3.06. The molecule has 1 N–H and O–H groups in total. The number of fused-ring (bicyclic) bond motifs is 3. The van der Waals surface area contributed by atoms with Crippen molar-refractivity contribution in [2.45, 2.75) is 77.7 Å². The minimum absolute atomic E-state index is 0.194. The van der Waals surface area contributed by atoms with Gasteiger partial charge in [-0.3, -0.25) is 0 Å². The third-order valence-electron chi connectivity index (χ3n) is 5.71. The number of hydrogen-bond donors (Lipinski definition) is 1. The van der Waals surface area contributed by atoms with Crippen LogP contribution in [0.15, 0.2) is 17.7 Å². The molecule has 0 spiro atoms. The molecule has 0 amide bonds. The van der Waals surface area contributed by atoms with Crippen molar-refractivity contribution < 1.29 is 9.84 Å². The van der Waals surface area contributed by atoms with Gasteiger partial charge in [0, 0.05) is 17.4 Å². The highest BCUT2D eigenvalue weighted by molar-refractivity contribution is 6.33. The Morgan fingerprint density at radius 1 is 1.33 bits per heavy atom. The molecule has 0 saturated carbocycles. The van der Waals surface area contributed by atoms with Gasteiger partial charge in [-0.05, 0) is 58.1 Å². The van der Waals surface area contributed by atoms with Gasteiger partial charge in [0.2, 0.25) is 0 Å². The number of aromatic hydroxyl groups is 1. The van der Waals surface area contributed by atoms with Gasteiger partial charge >= 0.3 is 0 Å². The Morgan fingerprint density at radius 3 is 2.79 bits per heavy atom. The van der Waals surface area contributed by atoms with Crippen LogP contribution in [0.25, 0.3) is 0 Å². The molecule has 2 nitrogen and oxygen atoms in total. The van der Waals surface area contributed by atoms with Crippen LogP contribution in [0.4, 0.5) is 0 Å². The van der Waals surface area contributed by atoms with E-state index in [2.05, 4.69) is 39.8 Å². The number of halogens is 1. The normalized spacial score (nSPS) is 24.6. The summed E-state index contributed by atoms with van der Waals surface area (Å²) in [6.45, 7) is 8.71. The molecule has 1 aliphatic carbocycles. The second kappa shape index (κ2) is 6.63. The Kier molecular flexibility index (Phi) is 4.88. The van der Waals surface area contributed by atoms with Crippen molar-refractivity contribution in [3.63, 3.8) is 0 Å². The molecule has 0 bridgehead atoms. The number of aryl methyl sites for hydroxylation is 1. The summed E-state index contributed by atoms with van der Waals surface area (Å²) >= 11 is 6.52. The van der Waals surface area contributed by atoms with Crippen LogP contribution in [0.5, 0.6) is 11.5 Å². The van der Waals surface area contributed by atoms with Crippen molar-refractivity contribution in [3.05, 3.63) is 33.9 Å². The van der Waals surface area contributed by atoms with Crippen molar-refractivity contribution in [2.75, 3.05) is 0 Å². The Hall–Kier alpha value is -1.15. The number of hydrogen-bond acceptors (Lipinski definition) is 2. The molecule has 0 unspecified atom stereocenters. The summed E-state index contributed by atoms with van der Waals surface area (Å²) in [6.07, 6.45) is 8.83. The minimum atomic E-state index is -0.226. The van der Waals surface area contributed by atoms with Crippen LogP contribution in [0.3, 0.4) is 0 Å². The SMILES string of the molecule is CCCCCc1cc2c(c(O)c1Cl)[C@@H]1C=C(C)CC[C@H]1C(C)(C)O2. The van der Waals surface area contributed by atoms with E-state index in [1.54, 1.807) is 0 Å². The zero-order valence-corrected chi connectivity index (χ0v) is 16.0. The summed E-state index contributed by atoms with van der Waals surface area (Å²) in [5.41, 5.74) is 3.06. The summed E-state index contributed by atoms with van der Waals surface area (Å²) in [6, 6.07) is 2.07. The maximum absolute atomic E-state index is 10.8. The minimum Gasteiger partial charge on any atom is -0.506 e. The second-order valence-corrected chi connectivity index (χ2v) is 8.33. The fourth-order valence-electron chi connectivity index (χ4n) is 4.33. The molecule has 2 atom stereocenters. The van der Waals surface area contributed by atoms with Crippen molar-refractivity contribution in [2.24, 2.45) is 5.92 Å². The molecule has 0 aromatic heterocycles. The maximum Gasteiger partial charge on any atom is 0.141 e. The predicted octanol–water partition coefficient (Wildman–Crippen LogP) is 6.39. The predicted molar refractivity (Wildman–Crippen MR) is 100 cm³/mol. The first-order chi connectivity index (χ1) is 11.3. The van der Waals surface area contributed by atoms with Crippen LogP contribution >= 0.6 is 11.6 Å². The molecular formula is C21H29ClO2. The van der Waals surface area contributed by atoms with E-state index in [1.165, 1.54) is 18.4 Å². The largest absolute Gasteiger partial charge is 0.506 e. The first-order valence-electron chi connectivity index (χ1n) is 9.25. The van der Waals surface area contributed by atoms with E-state index >= 15 is 0 Å². The van der Waals surface area contributed by atoms with Crippen molar-refractivity contribution in [3.8, 4) is 11.5 Å². The van der Waals surface area contributed by atoms with Crippen LogP contribution in [0, 0.1) is 5.92 Å². The quantitative estimate of drug-likeness (QED) is 0.504. The Morgan fingerprint density at radius 2 is 2.08 bits per heavy atom. The fourth-order valence-corrected chi connectivity index (χ4v) is 4.58.